The van der Waals surface area contributed by atoms with Gasteiger partial charge in [0.15, 0.2) is 6.54 Å². The molecule has 0 fully saturated rings. The fraction of sp³-hybridized carbons (Fsp3) is 0.240. The Bertz CT molecular complexity index is 899. The molecular formula is C25H29N2O3+. The molecule has 0 bridgehead atoms. The molecule has 2 N–H and O–H groups in total. The summed E-state index contributed by atoms with van der Waals surface area (Å²) in [6, 6.07) is 27.3. The molecule has 0 radical (unpaired) electrons. The van der Waals surface area contributed by atoms with Crippen molar-refractivity contribution in [3.63, 3.8) is 0 Å². The molecular weight excluding hydrogens is 376 g/mol. The van der Waals surface area contributed by atoms with Gasteiger partial charge in [0.25, 0.3) is 5.91 Å². The van der Waals surface area contributed by atoms with E-state index >= 15 is 0 Å². The lowest BCUT2D eigenvalue weighted by molar-refractivity contribution is -0.871. The zero-order valence-electron chi connectivity index (χ0n) is 17.5. The number of methoxy groups -OCH3 is 1. The second kappa shape index (κ2) is 11.0. The van der Waals surface area contributed by atoms with Crippen molar-refractivity contribution in [3.05, 3.63) is 96.1 Å². The summed E-state index contributed by atoms with van der Waals surface area (Å²) in [5, 5.41) is 3.18. The first-order valence-corrected chi connectivity index (χ1v) is 10.1. The third kappa shape index (κ3) is 6.36. The number of hydrogen-bond donors (Lipinski definition) is 2. The Morgan fingerprint density at radius 1 is 0.867 bits per heavy atom. The van der Waals surface area contributed by atoms with Gasteiger partial charge in [-0.05, 0) is 35.4 Å². The third-order valence-corrected chi connectivity index (χ3v) is 4.89. The number of carbonyl (C=O) groups is 1. The van der Waals surface area contributed by atoms with Gasteiger partial charge < -0.3 is 19.7 Å². The van der Waals surface area contributed by atoms with Gasteiger partial charge in [0.1, 0.15) is 24.7 Å². The van der Waals surface area contributed by atoms with Crippen molar-refractivity contribution in [1.29, 1.82) is 0 Å². The number of quaternary nitrogens is 1. The number of para-hydroxylation sites is 1. The normalized spacial score (nSPS) is 12.6. The van der Waals surface area contributed by atoms with E-state index in [2.05, 4.69) is 5.32 Å². The van der Waals surface area contributed by atoms with Crippen molar-refractivity contribution in [2.45, 2.75) is 6.04 Å². The molecule has 5 heteroatoms. The Morgan fingerprint density at radius 2 is 1.47 bits per heavy atom. The zero-order valence-corrected chi connectivity index (χ0v) is 17.5. The average molecular weight is 406 g/mol. The van der Waals surface area contributed by atoms with Crippen molar-refractivity contribution in [3.8, 4) is 11.5 Å². The lowest BCUT2D eigenvalue weighted by Gasteiger charge is -2.21. The van der Waals surface area contributed by atoms with Gasteiger partial charge in [-0.15, -0.1) is 0 Å². The van der Waals surface area contributed by atoms with Crippen LogP contribution in [0, 0.1) is 0 Å². The monoisotopic (exact) mass is 405 g/mol. The van der Waals surface area contributed by atoms with E-state index in [-0.39, 0.29) is 11.9 Å². The van der Waals surface area contributed by atoms with E-state index in [1.54, 1.807) is 7.11 Å². The Hall–Kier alpha value is -3.31. The molecule has 0 aliphatic heterocycles. The fourth-order valence-corrected chi connectivity index (χ4v) is 3.24. The zero-order chi connectivity index (χ0) is 21.2. The Balaban J connectivity index is 1.58. The summed E-state index contributed by atoms with van der Waals surface area (Å²) in [6.07, 6.45) is 0. The summed E-state index contributed by atoms with van der Waals surface area (Å²) in [5.74, 6) is 1.63. The summed E-state index contributed by atoms with van der Waals surface area (Å²) < 4.78 is 11.0. The molecule has 0 spiro atoms. The predicted octanol–water partition coefficient (Wildman–Crippen LogP) is 2.49. The topological polar surface area (TPSA) is 52.0 Å². The maximum atomic E-state index is 12.8. The van der Waals surface area contributed by atoms with Crippen LogP contribution in [0.15, 0.2) is 84.9 Å². The highest BCUT2D eigenvalue weighted by Crippen LogP contribution is 2.24. The van der Waals surface area contributed by atoms with E-state index in [0.29, 0.717) is 13.2 Å². The first-order valence-electron chi connectivity index (χ1n) is 10.1. The van der Waals surface area contributed by atoms with E-state index in [0.717, 1.165) is 34.1 Å². The molecule has 3 aromatic carbocycles. The summed E-state index contributed by atoms with van der Waals surface area (Å²) in [7, 11) is 3.64. The van der Waals surface area contributed by atoms with Gasteiger partial charge in [0.05, 0.1) is 20.2 Å². The van der Waals surface area contributed by atoms with Crippen LogP contribution in [-0.4, -0.2) is 39.8 Å². The molecule has 5 nitrogen and oxygen atoms in total. The number of carbonyl (C=O) groups excluding carboxylic acids is 1. The number of benzene rings is 3. The highest BCUT2D eigenvalue weighted by molar-refractivity contribution is 5.77. The highest BCUT2D eigenvalue weighted by Gasteiger charge is 2.19. The molecule has 1 amide bonds. The molecule has 0 aliphatic rings. The van der Waals surface area contributed by atoms with Crippen LogP contribution < -0.4 is 19.7 Å². The molecule has 0 saturated heterocycles. The third-order valence-electron chi connectivity index (χ3n) is 4.89. The molecule has 0 saturated carbocycles. The van der Waals surface area contributed by atoms with Crippen molar-refractivity contribution in [2.24, 2.45) is 0 Å². The number of amides is 1. The minimum Gasteiger partial charge on any atom is -0.497 e. The second-order valence-corrected chi connectivity index (χ2v) is 7.23. The predicted molar refractivity (Wildman–Crippen MR) is 118 cm³/mol. The van der Waals surface area contributed by atoms with Crippen LogP contribution in [-0.2, 0) is 4.79 Å². The van der Waals surface area contributed by atoms with Crippen LogP contribution in [0.4, 0.5) is 0 Å². The number of nitrogens with one attached hydrogen (secondary N) is 2. The number of likely N-dealkylation sites (N-methyl/N-ethyl adjacent to an activating group) is 1. The van der Waals surface area contributed by atoms with E-state index in [4.69, 9.17) is 9.47 Å². The molecule has 30 heavy (non-hydrogen) atoms. The highest BCUT2D eigenvalue weighted by atomic mass is 16.5. The van der Waals surface area contributed by atoms with Crippen molar-refractivity contribution in [2.75, 3.05) is 33.9 Å². The first-order chi connectivity index (χ1) is 14.7. The van der Waals surface area contributed by atoms with E-state index in [1.165, 1.54) is 0 Å². The van der Waals surface area contributed by atoms with Crippen molar-refractivity contribution >= 4 is 5.91 Å². The molecule has 1 unspecified atom stereocenters. The summed E-state index contributed by atoms with van der Waals surface area (Å²) in [4.78, 5) is 13.9. The largest absolute Gasteiger partial charge is 0.497 e. The maximum absolute atomic E-state index is 12.8. The van der Waals surface area contributed by atoms with Crippen LogP contribution in [0.25, 0.3) is 0 Å². The molecule has 3 aromatic rings. The number of rotatable bonds is 10. The fourth-order valence-electron chi connectivity index (χ4n) is 3.24. The van der Waals surface area contributed by atoms with Gasteiger partial charge in [0.2, 0.25) is 0 Å². The van der Waals surface area contributed by atoms with E-state index in [9.17, 15) is 4.79 Å². The number of ether oxygens (including phenoxy) is 2. The Labute approximate surface area is 178 Å². The standard InChI is InChI=1S/C25H28N2O3/c1-27(17-18-30-23-11-7-4-8-12-23)19-24(28)26-25(20-9-5-3-6-10-20)21-13-15-22(29-2)16-14-21/h3-16,25H,17-19H2,1-2H3,(H,26,28)/p+1/t25-/m0/s1. The second-order valence-electron chi connectivity index (χ2n) is 7.23. The van der Waals surface area contributed by atoms with Crippen molar-refractivity contribution < 1.29 is 19.2 Å². The van der Waals surface area contributed by atoms with Crippen LogP contribution in [0.2, 0.25) is 0 Å². The molecule has 0 aromatic heterocycles. The van der Waals surface area contributed by atoms with Crippen LogP contribution >= 0.6 is 0 Å². The Kier molecular flexibility index (Phi) is 7.86. The van der Waals surface area contributed by atoms with Crippen LogP contribution in [0.5, 0.6) is 11.5 Å². The minimum absolute atomic E-state index is 0.00289. The van der Waals surface area contributed by atoms with Gasteiger partial charge in [-0.3, -0.25) is 4.79 Å². The SMILES string of the molecule is COc1ccc([C@@H](NC(=O)C[NH+](C)CCOc2ccccc2)c2ccccc2)cc1. The average Bonchev–Trinajstić information content (AvgIpc) is 2.79. The molecule has 0 heterocycles. The van der Waals surface area contributed by atoms with Crippen molar-refractivity contribution in [1.82, 2.24) is 5.32 Å². The quantitative estimate of drug-likeness (QED) is 0.545. The van der Waals surface area contributed by atoms with Gasteiger partial charge in [-0.1, -0.05) is 60.7 Å². The van der Waals surface area contributed by atoms with Gasteiger partial charge in [-0.25, -0.2) is 0 Å². The summed E-state index contributed by atoms with van der Waals surface area (Å²) >= 11 is 0. The first kappa shape index (κ1) is 21.4. The lowest BCUT2D eigenvalue weighted by atomic mass is 9.98. The van der Waals surface area contributed by atoms with Gasteiger partial charge in [-0.2, -0.15) is 0 Å². The summed E-state index contributed by atoms with van der Waals surface area (Å²) in [5.41, 5.74) is 2.06. The minimum atomic E-state index is -0.210. The lowest BCUT2D eigenvalue weighted by Crippen LogP contribution is -3.10. The van der Waals surface area contributed by atoms with Gasteiger partial charge in [0, 0.05) is 0 Å². The molecule has 3 rings (SSSR count). The smallest absolute Gasteiger partial charge is 0.275 e. The molecule has 2 atom stereocenters. The Morgan fingerprint density at radius 3 is 2.10 bits per heavy atom. The molecule has 0 aliphatic carbocycles. The van der Waals surface area contributed by atoms with Crippen LogP contribution in [0.3, 0.4) is 0 Å². The summed E-state index contributed by atoms with van der Waals surface area (Å²) in [6.45, 7) is 1.67. The van der Waals surface area contributed by atoms with E-state index < -0.39 is 0 Å². The van der Waals surface area contributed by atoms with E-state index in [1.807, 2.05) is 92.0 Å². The number of hydrogen-bond acceptors (Lipinski definition) is 3. The van der Waals surface area contributed by atoms with Crippen LogP contribution in [0.1, 0.15) is 17.2 Å². The molecule has 156 valence electrons. The van der Waals surface area contributed by atoms with Gasteiger partial charge >= 0.3 is 0 Å². The maximum Gasteiger partial charge on any atom is 0.275 e.